The van der Waals surface area contributed by atoms with E-state index in [9.17, 15) is 4.79 Å². The molecule has 0 saturated carbocycles. The lowest BCUT2D eigenvalue weighted by atomic mass is 10.3. The Morgan fingerprint density at radius 1 is 1.14 bits per heavy atom. The Bertz CT molecular complexity index is 1140. The van der Waals surface area contributed by atoms with Crippen LogP contribution in [0.15, 0.2) is 55.1 Å². The highest BCUT2D eigenvalue weighted by Crippen LogP contribution is 2.26. The van der Waals surface area contributed by atoms with E-state index in [0.29, 0.717) is 27.6 Å². The van der Waals surface area contributed by atoms with Crippen molar-refractivity contribution in [3.63, 3.8) is 0 Å². The van der Waals surface area contributed by atoms with Gasteiger partial charge in [0.1, 0.15) is 17.5 Å². The number of pyridine rings is 1. The van der Waals surface area contributed by atoms with E-state index in [1.165, 1.54) is 6.33 Å². The van der Waals surface area contributed by atoms with Crippen LogP contribution >= 0.6 is 11.6 Å². The molecule has 0 atom stereocenters. The van der Waals surface area contributed by atoms with Crippen molar-refractivity contribution in [1.29, 1.82) is 0 Å². The Kier molecular flexibility index (Phi) is 4.86. The lowest BCUT2D eigenvalue weighted by molar-refractivity contribution is -0.118. The molecule has 1 aromatic carbocycles. The summed E-state index contributed by atoms with van der Waals surface area (Å²) in [6, 6.07) is 10.9. The fourth-order valence-electron chi connectivity index (χ4n) is 2.59. The van der Waals surface area contributed by atoms with Crippen molar-refractivity contribution in [2.45, 2.75) is 6.92 Å². The number of ether oxygens (including phenoxy) is 1. The molecule has 0 aliphatic carbocycles. The molecule has 1 amide bonds. The molecule has 0 spiro atoms. The first-order valence-corrected chi connectivity index (χ1v) is 8.78. The van der Waals surface area contributed by atoms with Gasteiger partial charge in [0.05, 0.1) is 16.9 Å². The normalized spacial score (nSPS) is 10.8. The van der Waals surface area contributed by atoms with Crippen molar-refractivity contribution < 1.29 is 9.53 Å². The Labute approximate surface area is 165 Å². The van der Waals surface area contributed by atoms with Crippen LogP contribution in [0.2, 0.25) is 5.02 Å². The first kappa shape index (κ1) is 17.9. The Morgan fingerprint density at radius 3 is 2.79 bits per heavy atom. The third-order valence-corrected chi connectivity index (χ3v) is 4.25. The molecule has 9 heteroatoms. The highest BCUT2D eigenvalue weighted by atomic mass is 35.5. The molecule has 1 N–H and O–H groups in total. The maximum absolute atomic E-state index is 12.1. The summed E-state index contributed by atoms with van der Waals surface area (Å²) >= 11 is 6.25. The molecule has 0 aliphatic rings. The van der Waals surface area contributed by atoms with Crippen molar-refractivity contribution in [3.8, 4) is 11.6 Å². The molecule has 4 rings (SSSR count). The topological polar surface area (TPSA) is 94.8 Å². The average molecular weight is 395 g/mol. The number of para-hydroxylation sites is 1. The van der Waals surface area contributed by atoms with Crippen LogP contribution in [0.3, 0.4) is 0 Å². The molecule has 8 nitrogen and oxygen atoms in total. The van der Waals surface area contributed by atoms with Gasteiger partial charge in [-0.25, -0.2) is 19.6 Å². The van der Waals surface area contributed by atoms with E-state index in [2.05, 4.69) is 25.4 Å². The fourth-order valence-corrected chi connectivity index (χ4v) is 2.81. The van der Waals surface area contributed by atoms with Crippen LogP contribution < -0.4 is 10.1 Å². The van der Waals surface area contributed by atoms with E-state index >= 15 is 0 Å². The Morgan fingerprint density at radius 2 is 2.00 bits per heavy atom. The number of hydrogen-bond donors (Lipinski definition) is 1. The molecule has 28 heavy (non-hydrogen) atoms. The number of rotatable bonds is 5. The molecule has 0 bridgehead atoms. The number of hydrogen-bond acceptors (Lipinski definition) is 6. The number of aryl methyl sites for hydroxylation is 1. The highest BCUT2D eigenvalue weighted by molar-refractivity contribution is 6.32. The van der Waals surface area contributed by atoms with Crippen LogP contribution in [-0.4, -0.2) is 37.2 Å². The van der Waals surface area contributed by atoms with E-state index in [1.54, 1.807) is 29.2 Å². The number of nitrogens with one attached hydrogen (secondary N) is 1. The van der Waals surface area contributed by atoms with Gasteiger partial charge in [0.15, 0.2) is 12.3 Å². The van der Waals surface area contributed by atoms with E-state index in [1.807, 2.05) is 31.2 Å². The van der Waals surface area contributed by atoms with E-state index in [0.717, 1.165) is 5.56 Å². The molecule has 4 aromatic rings. The van der Waals surface area contributed by atoms with Crippen molar-refractivity contribution in [3.05, 3.63) is 65.7 Å². The van der Waals surface area contributed by atoms with Gasteiger partial charge in [-0.2, -0.15) is 5.10 Å². The third-order valence-electron chi connectivity index (χ3n) is 3.93. The van der Waals surface area contributed by atoms with E-state index < -0.39 is 0 Å². The summed E-state index contributed by atoms with van der Waals surface area (Å²) in [7, 11) is 0. The number of halogens is 1. The minimum Gasteiger partial charge on any atom is -0.467 e. The number of amides is 1. The van der Waals surface area contributed by atoms with Crippen LogP contribution in [0.25, 0.3) is 16.7 Å². The number of aromatic nitrogens is 5. The minimum atomic E-state index is -0.346. The Hall–Kier alpha value is -3.52. The quantitative estimate of drug-likeness (QED) is 0.558. The summed E-state index contributed by atoms with van der Waals surface area (Å²) in [6.45, 7) is 1.70. The summed E-state index contributed by atoms with van der Waals surface area (Å²) in [5.41, 5.74) is 2.22. The number of carbonyl (C=O) groups is 1. The second-order valence-electron chi connectivity index (χ2n) is 5.98. The average Bonchev–Trinajstić information content (AvgIpc) is 3.13. The molecule has 0 radical (unpaired) electrons. The highest BCUT2D eigenvalue weighted by Gasteiger charge is 2.15. The summed E-state index contributed by atoms with van der Waals surface area (Å²) in [4.78, 5) is 24.6. The van der Waals surface area contributed by atoms with Crippen LogP contribution in [-0.2, 0) is 4.79 Å². The zero-order chi connectivity index (χ0) is 19.5. The molecule has 3 heterocycles. The van der Waals surface area contributed by atoms with Crippen molar-refractivity contribution >= 4 is 34.4 Å². The number of fused-ring (bicyclic) bond motifs is 1. The summed E-state index contributed by atoms with van der Waals surface area (Å²) in [6.07, 6.45) is 4.60. The molecule has 3 aromatic heterocycles. The summed E-state index contributed by atoms with van der Waals surface area (Å²) < 4.78 is 7.18. The van der Waals surface area contributed by atoms with Gasteiger partial charge in [-0.05, 0) is 30.7 Å². The smallest absolute Gasteiger partial charge is 0.263 e. The number of anilines is 1. The van der Waals surface area contributed by atoms with Gasteiger partial charge >= 0.3 is 0 Å². The van der Waals surface area contributed by atoms with Crippen LogP contribution in [0.4, 0.5) is 5.82 Å². The maximum atomic E-state index is 12.1. The van der Waals surface area contributed by atoms with Crippen molar-refractivity contribution in [2.24, 2.45) is 0 Å². The van der Waals surface area contributed by atoms with Crippen molar-refractivity contribution in [2.75, 3.05) is 11.9 Å². The molecule has 0 aliphatic heterocycles. The predicted molar refractivity (Wildman–Crippen MR) is 105 cm³/mol. The molecule has 140 valence electrons. The Balaban J connectivity index is 1.52. The van der Waals surface area contributed by atoms with Gasteiger partial charge < -0.3 is 10.1 Å². The second-order valence-corrected chi connectivity index (χ2v) is 6.39. The van der Waals surface area contributed by atoms with Gasteiger partial charge in [-0.3, -0.25) is 4.79 Å². The number of carbonyl (C=O) groups excluding carboxylic acids is 1. The van der Waals surface area contributed by atoms with Crippen LogP contribution in [0.5, 0.6) is 5.88 Å². The van der Waals surface area contributed by atoms with Crippen molar-refractivity contribution in [1.82, 2.24) is 24.7 Å². The molecule has 0 unspecified atom stereocenters. The van der Waals surface area contributed by atoms with Crippen LogP contribution in [0.1, 0.15) is 5.56 Å². The maximum Gasteiger partial charge on any atom is 0.263 e. The fraction of sp³-hybridized carbons (Fsp3) is 0.105. The largest absolute Gasteiger partial charge is 0.467 e. The van der Waals surface area contributed by atoms with E-state index in [4.69, 9.17) is 16.3 Å². The van der Waals surface area contributed by atoms with Gasteiger partial charge in [0.25, 0.3) is 5.91 Å². The van der Waals surface area contributed by atoms with Gasteiger partial charge in [0.2, 0.25) is 5.88 Å². The second kappa shape index (κ2) is 7.61. The standard InChI is InChI=1S/C19H15ClN6O2/c1-12-6-7-16(21-8-12)25-17(27)10-28-19-13-9-24-26(18(13)22-11-23-19)15-5-3-2-4-14(15)20/h2-9,11H,10H2,1H3,(H,21,25,27). The third kappa shape index (κ3) is 3.63. The lowest BCUT2D eigenvalue weighted by Crippen LogP contribution is -2.21. The van der Waals surface area contributed by atoms with Gasteiger partial charge in [-0.15, -0.1) is 0 Å². The predicted octanol–water partition coefficient (Wildman–Crippen LogP) is 3.19. The molecular weight excluding hydrogens is 380 g/mol. The molecule has 0 saturated heterocycles. The minimum absolute atomic E-state index is 0.223. The number of nitrogens with zero attached hydrogens (tertiary/aromatic N) is 5. The number of benzene rings is 1. The van der Waals surface area contributed by atoms with Crippen LogP contribution in [0, 0.1) is 6.92 Å². The molecule has 0 fully saturated rings. The first-order chi connectivity index (χ1) is 13.6. The summed E-state index contributed by atoms with van der Waals surface area (Å²) in [5, 5.41) is 8.11. The SMILES string of the molecule is Cc1ccc(NC(=O)COc2ncnc3c2cnn3-c2ccccc2Cl)nc1. The zero-order valence-electron chi connectivity index (χ0n) is 14.8. The van der Waals surface area contributed by atoms with Gasteiger partial charge in [-0.1, -0.05) is 29.8 Å². The zero-order valence-corrected chi connectivity index (χ0v) is 15.6. The van der Waals surface area contributed by atoms with E-state index in [-0.39, 0.29) is 18.4 Å². The first-order valence-electron chi connectivity index (χ1n) is 8.41. The summed E-state index contributed by atoms with van der Waals surface area (Å²) in [5.74, 6) is 0.371. The lowest BCUT2D eigenvalue weighted by Gasteiger charge is -2.08. The van der Waals surface area contributed by atoms with Gasteiger partial charge in [0, 0.05) is 6.20 Å². The monoisotopic (exact) mass is 394 g/mol. The molecular formula is C19H15ClN6O2.